The number of anilines is 3. The van der Waals surface area contributed by atoms with E-state index in [2.05, 4.69) is 188 Å². The molecule has 0 bridgehead atoms. The Morgan fingerprint density at radius 1 is 0.300 bits per heavy atom. The fourth-order valence-corrected chi connectivity index (χ4v) is 10.2. The van der Waals surface area contributed by atoms with Crippen molar-refractivity contribution in [2.75, 3.05) is 4.90 Å². The van der Waals surface area contributed by atoms with Crippen molar-refractivity contribution in [3.63, 3.8) is 0 Å². The second kappa shape index (κ2) is 11.7. The molecule has 0 atom stereocenters. The standard InChI is InChI=1S/C54H32N4O2/c1-3-17-33(18-4-1)55-39-24-10-7-21-36(39)48-52-49(37-22-8-11-25-40(37)56(52)34-19-5-2-6-20-34)54-50(53(48)55)38-23-9-12-26-41(38)57(54)35-31-46-51-47(32-35)60-45-30-16-14-28-43(45)58(51)42-27-13-15-29-44(42)59-46/h1-32H. The SMILES string of the molecule is c1ccc(-n2c3ccccc3c3c2c2c4ccccc4n(-c4cc5c6c(c4)Oc4ccccc4N6c4ccccc4O5)c2c2c4ccccc4n(-c4ccccc4)c32)cc1. The predicted molar refractivity (Wildman–Crippen MR) is 244 cm³/mol. The molecule has 0 N–H and O–H groups in total. The summed E-state index contributed by atoms with van der Waals surface area (Å²) in [6.45, 7) is 0. The Bertz CT molecular complexity index is 3640. The third-order valence-electron chi connectivity index (χ3n) is 12.5. The fourth-order valence-electron chi connectivity index (χ4n) is 10.2. The molecule has 3 aromatic heterocycles. The van der Waals surface area contributed by atoms with E-state index in [-0.39, 0.29) is 0 Å². The molecule has 12 aromatic rings. The highest BCUT2D eigenvalue weighted by Crippen LogP contribution is 2.60. The molecule has 0 unspecified atom stereocenters. The van der Waals surface area contributed by atoms with Crippen LogP contribution in [0.15, 0.2) is 194 Å². The lowest BCUT2D eigenvalue weighted by atomic mass is 10.0. The van der Waals surface area contributed by atoms with Crippen LogP contribution in [0.1, 0.15) is 0 Å². The normalized spacial score (nSPS) is 12.9. The van der Waals surface area contributed by atoms with E-state index in [1.54, 1.807) is 0 Å². The van der Waals surface area contributed by atoms with Crippen molar-refractivity contribution in [3.8, 4) is 40.1 Å². The van der Waals surface area contributed by atoms with Gasteiger partial charge in [0, 0.05) is 55.8 Å². The summed E-state index contributed by atoms with van der Waals surface area (Å²) in [4.78, 5) is 2.28. The number of hydrogen-bond acceptors (Lipinski definition) is 3. The van der Waals surface area contributed by atoms with Crippen LogP contribution in [0.25, 0.3) is 82.5 Å². The van der Waals surface area contributed by atoms with Crippen LogP contribution in [0, 0.1) is 0 Å². The summed E-state index contributed by atoms with van der Waals surface area (Å²) in [5, 5.41) is 7.16. The Morgan fingerprint density at radius 2 is 0.650 bits per heavy atom. The third-order valence-corrected chi connectivity index (χ3v) is 12.5. The Hall–Kier alpha value is -8.22. The molecule has 2 aliphatic heterocycles. The maximum Gasteiger partial charge on any atom is 0.157 e. The maximum atomic E-state index is 6.87. The molecule has 0 spiro atoms. The van der Waals surface area contributed by atoms with Crippen molar-refractivity contribution in [1.29, 1.82) is 0 Å². The lowest BCUT2D eigenvalue weighted by Gasteiger charge is -2.38. The zero-order valence-electron chi connectivity index (χ0n) is 32.1. The van der Waals surface area contributed by atoms with Gasteiger partial charge in [0.15, 0.2) is 23.0 Å². The van der Waals surface area contributed by atoms with Gasteiger partial charge < -0.3 is 23.2 Å². The summed E-state index contributed by atoms with van der Waals surface area (Å²) in [6.07, 6.45) is 0. The summed E-state index contributed by atoms with van der Waals surface area (Å²) in [5.41, 5.74) is 12.9. The largest absolute Gasteiger partial charge is 0.453 e. The summed E-state index contributed by atoms with van der Waals surface area (Å²) in [6, 6.07) is 69.1. The summed E-state index contributed by atoms with van der Waals surface area (Å²) >= 11 is 0. The molecule has 0 amide bonds. The number of ether oxygens (including phenoxy) is 2. The minimum absolute atomic E-state index is 0.740. The Morgan fingerprint density at radius 3 is 1.08 bits per heavy atom. The molecule has 6 heteroatoms. The van der Waals surface area contributed by atoms with Crippen LogP contribution in [0.4, 0.5) is 17.1 Å². The molecule has 0 saturated carbocycles. The first-order valence-electron chi connectivity index (χ1n) is 20.4. The summed E-state index contributed by atoms with van der Waals surface area (Å²) in [7, 11) is 0. The highest BCUT2D eigenvalue weighted by atomic mass is 16.5. The monoisotopic (exact) mass is 768 g/mol. The maximum absolute atomic E-state index is 6.87. The molecule has 5 heterocycles. The van der Waals surface area contributed by atoms with Gasteiger partial charge in [0.25, 0.3) is 0 Å². The topological polar surface area (TPSA) is 36.5 Å². The molecule has 0 aliphatic carbocycles. The van der Waals surface area contributed by atoms with Gasteiger partial charge in [-0.25, -0.2) is 0 Å². The number of rotatable bonds is 3. The molecule has 60 heavy (non-hydrogen) atoms. The van der Waals surface area contributed by atoms with E-state index in [0.717, 1.165) is 79.2 Å². The number of para-hydroxylation sites is 9. The number of aromatic nitrogens is 3. The molecule has 0 fully saturated rings. The highest BCUT2D eigenvalue weighted by Gasteiger charge is 2.36. The van der Waals surface area contributed by atoms with Gasteiger partial charge in [0.2, 0.25) is 0 Å². The smallest absolute Gasteiger partial charge is 0.157 e. The van der Waals surface area contributed by atoms with Crippen LogP contribution in [0.2, 0.25) is 0 Å². The Labute approximate surface area is 343 Å². The second-order valence-corrected chi connectivity index (χ2v) is 15.7. The molecule has 2 aliphatic rings. The van der Waals surface area contributed by atoms with Crippen molar-refractivity contribution >= 4 is 82.5 Å². The number of benzene rings is 9. The molecular weight excluding hydrogens is 737 g/mol. The molecule has 6 nitrogen and oxygen atoms in total. The second-order valence-electron chi connectivity index (χ2n) is 15.7. The first kappa shape index (κ1) is 31.8. The first-order chi connectivity index (χ1) is 29.8. The van der Waals surface area contributed by atoms with Gasteiger partial charge in [0.1, 0.15) is 5.69 Å². The van der Waals surface area contributed by atoms with E-state index in [1.807, 2.05) is 24.3 Å². The molecule has 9 aromatic carbocycles. The van der Waals surface area contributed by atoms with Crippen LogP contribution in [0.5, 0.6) is 23.0 Å². The molecule has 14 rings (SSSR count). The predicted octanol–water partition coefficient (Wildman–Crippen LogP) is 14.7. The van der Waals surface area contributed by atoms with Crippen molar-refractivity contribution in [1.82, 2.24) is 13.7 Å². The van der Waals surface area contributed by atoms with Gasteiger partial charge in [-0.1, -0.05) is 115 Å². The summed E-state index contributed by atoms with van der Waals surface area (Å²) < 4.78 is 21.1. The van der Waals surface area contributed by atoms with Gasteiger partial charge in [0.05, 0.1) is 50.2 Å². The van der Waals surface area contributed by atoms with E-state index in [0.29, 0.717) is 0 Å². The van der Waals surface area contributed by atoms with Crippen molar-refractivity contribution < 1.29 is 9.47 Å². The number of hydrogen-bond donors (Lipinski definition) is 0. The van der Waals surface area contributed by atoms with Gasteiger partial charge in [-0.2, -0.15) is 0 Å². The fraction of sp³-hybridized carbons (Fsp3) is 0. The molecular formula is C54H32N4O2. The van der Waals surface area contributed by atoms with Gasteiger partial charge in [-0.05, 0) is 66.7 Å². The lowest BCUT2D eigenvalue weighted by molar-refractivity contribution is 0.445. The minimum Gasteiger partial charge on any atom is -0.453 e. The Balaban J connectivity index is 1.22. The van der Waals surface area contributed by atoms with E-state index >= 15 is 0 Å². The number of fused-ring (bicyclic) bond motifs is 16. The van der Waals surface area contributed by atoms with Crippen LogP contribution >= 0.6 is 0 Å². The van der Waals surface area contributed by atoms with Gasteiger partial charge in [-0.3, -0.25) is 4.90 Å². The van der Waals surface area contributed by atoms with Crippen molar-refractivity contribution in [3.05, 3.63) is 194 Å². The zero-order chi connectivity index (χ0) is 39.1. The highest BCUT2D eigenvalue weighted by molar-refractivity contribution is 6.40. The number of nitrogens with zero attached hydrogens (tertiary/aromatic N) is 4. The van der Waals surface area contributed by atoms with Crippen molar-refractivity contribution in [2.45, 2.75) is 0 Å². The van der Waals surface area contributed by atoms with Crippen LogP contribution in [-0.2, 0) is 0 Å². The zero-order valence-corrected chi connectivity index (χ0v) is 32.1. The summed E-state index contributed by atoms with van der Waals surface area (Å²) in [5.74, 6) is 3.08. The first-order valence-corrected chi connectivity index (χ1v) is 20.4. The molecule has 0 radical (unpaired) electrons. The quantitative estimate of drug-likeness (QED) is 0.180. The van der Waals surface area contributed by atoms with E-state index in [9.17, 15) is 0 Å². The van der Waals surface area contributed by atoms with Crippen LogP contribution in [0.3, 0.4) is 0 Å². The van der Waals surface area contributed by atoms with Crippen LogP contribution in [-0.4, -0.2) is 13.7 Å². The van der Waals surface area contributed by atoms with E-state index < -0.39 is 0 Å². The van der Waals surface area contributed by atoms with Crippen LogP contribution < -0.4 is 14.4 Å². The van der Waals surface area contributed by atoms with Gasteiger partial charge >= 0.3 is 0 Å². The van der Waals surface area contributed by atoms with E-state index in [1.165, 1.54) is 43.4 Å². The Kier molecular flexibility index (Phi) is 6.20. The molecule has 0 saturated heterocycles. The van der Waals surface area contributed by atoms with Gasteiger partial charge in [-0.15, -0.1) is 0 Å². The van der Waals surface area contributed by atoms with Crippen molar-refractivity contribution in [2.24, 2.45) is 0 Å². The minimum atomic E-state index is 0.740. The lowest BCUT2D eigenvalue weighted by Crippen LogP contribution is -2.20. The average molecular weight is 769 g/mol. The molecule has 280 valence electrons. The average Bonchev–Trinajstić information content (AvgIpc) is 3.95. The third kappa shape index (κ3) is 4.06. The van der Waals surface area contributed by atoms with E-state index in [4.69, 9.17) is 9.47 Å².